The Balaban J connectivity index is 1.99. The second kappa shape index (κ2) is 7.14. The third-order valence-electron chi connectivity index (χ3n) is 3.50. The first-order valence-electron chi connectivity index (χ1n) is 7.19. The van der Waals surface area contributed by atoms with Crippen molar-refractivity contribution in [3.05, 3.63) is 29.8 Å². The molecule has 5 heteroatoms. The van der Waals surface area contributed by atoms with Gasteiger partial charge in [0, 0.05) is 12.1 Å². The Morgan fingerprint density at radius 3 is 2.80 bits per heavy atom. The van der Waals surface area contributed by atoms with Gasteiger partial charge in [-0.05, 0) is 44.4 Å². The van der Waals surface area contributed by atoms with Crippen LogP contribution in [-0.2, 0) is 6.42 Å². The minimum atomic E-state index is 0.565. The highest BCUT2D eigenvalue weighted by Crippen LogP contribution is 2.18. The highest BCUT2D eigenvalue weighted by atomic mass is 16.5. The molecule has 0 amide bonds. The van der Waals surface area contributed by atoms with Crippen LogP contribution in [0.5, 0.6) is 0 Å². The zero-order valence-electron chi connectivity index (χ0n) is 12.2. The van der Waals surface area contributed by atoms with Crippen molar-refractivity contribution in [2.24, 2.45) is 11.7 Å². The molecular formula is C15H22N4O. The zero-order valence-corrected chi connectivity index (χ0v) is 12.2. The van der Waals surface area contributed by atoms with Gasteiger partial charge in [0.2, 0.25) is 11.7 Å². The van der Waals surface area contributed by atoms with Gasteiger partial charge >= 0.3 is 0 Å². The van der Waals surface area contributed by atoms with Gasteiger partial charge in [0.25, 0.3) is 0 Å². The molecule has 0 radical (unpaired) electrons. The van der Waals surface area contributed by atoms with E-state index in [0.717, 1.165) is 43.6 Å². The molecule has 1 unspecified atom stereocenters. The Morgan fingerprint density at radius 1 is 1.25 bits per heavy atom. The van der Waals surface area contributed by atoms with Gasteiger partial charge in [0.15, 0.2) is 0 Å². The number of pyridine rings is 1. The van der Waals surface area contributed by atoms with Gasteiger partial charge in [-0.2, -0.15) is 4.98 Å². The van der Waals surface area contributed by atoms with Gasteiger partial charge in [-0.15, -0.1) is 0 Å². The predicted molar refractivity (Wildman–Crippen MR) is 78.0 cm³/mol. The normalized spacial score (nSPS) is 12.6. The number of hydrogen-bond acceptors (Lipinski definition) is 5. The number of rotatable bonds is 7. The van der Waals surface area contributed by atoms with Crippen LogP contribution in [0.4, 0.5) is 0 Å². The summed E-state index contributed by atoms with van der Waals surface area (Å²) < 4.78 is 5.30. The van der Waals surface area contributed by atoms with E-state index in [-0.39, 0.29) is 0 Å². The Morgan fingerprint density at radius 2 is 2.10 bits per heavy atom. The quantitative estimate of drug-likeness (QED) is 0.840. The third kappa shape index (κ3) is 3.87. The van der Waals surface area contributed by atoms with E-state index in [1.807, 2.05) is 25.1 Å². The van der Waals surface area contributed by atoms with Crippen molar-refractivity contribution < 1.29 is 4.52 Å². The van der Waals surface area contributed by atoms with E-state index >= 15 is 0 Å². The van der Waals surface area contributed by atoms with E-state index in [2.05, 4.69) is 22.0 Å². The molecule has 108 valence electrons. The smallest absolute Gasteiger partial charge is 0.227 e. The summed E-state index contributed by atoms with van der Waals surface area (Å²) >= 11 is 0. The van der Waals surface area contributed by atoms with Gasteiger partial charge < -0.3 is 10.3 Å². The molecule has 0 saturated heterocycles. The number of hydrogen-bond donors (Lipinski definition) is 1. The van der Waals surface area contributed by atoms with E-state index in [4.69, 9.17) is 10.3 Å². The zero-order chi connectivity index (χ0) is 14.4. The van der Waals surface area contributed by atoms with Crippen LogP contribution in [0.3, 0.4) is 0 Å². The monoisotopic (exact) mass is 274 g/mol. The molecule has 5 nitrogen and oxygen atoms in total. The lowest BCUT2D eigenvalue weighted by Crippen LogP contribution is -2.09. The lowest BCUT2D eigenvalue weighted by Gasteiger charge is -2.11. The van der Waals surface area contributed by atoms with Crippen LogP contribution in [0, 0.1) is 12.8 Å². The van der Waals surface area contributed by atoms with Crippen LogP contribution in [0.15, 0.2) is 22.7 Å². The molecule has 1 atom stereocenters. The summed E-state index contributed by atoms with van der Waals surface area (Å²) in [5.74, 6) is 1.88. The summed E-state index contributed by atoms with van der Waals surface area (Å²) in [5, 5.41) is 4.00. The van der Waals surface area contributed by atoms with Gasteiger partial charge in [0.1, 0.15) is 5.69 Å². The maximum atomic E-state index is 5.61. The molecule has 0 bridgehead atoms. The van der Waals surface area contributed by atoms with Crippen LogP contribution < -0.4 is 5.73 Å². The van der Waals surface area contributed by atoms with E-state index in [0.29, 0.717) is 17.6 Å². The molecular weight excluding hydrogens is 252 g/mol. The number of aryl methyl sites for hydroxylation is 2. The summed E-state index contributed by atoms with van der Waals surface area (Å²) in [7, 11) is 0. The summed E-state index contributed by atoms with van der Waals surface area (Å²) in [6.07, 6.45) is 4.03. The summed E-state index contributed by atoms with van der Waals surface area (Å²) in [5.41, 5.74) is 7.31. The van der Waals surface area contributed by atoms with Crippen LogP contribution >= 0.6 is 0 Å². The summed E-state index contributed by atoms with van der Waals surface area (Å²) in [4.78, 5) is 8.81. The molecule has 20 heavy (non-hydrogen) atoms. The number of aromatic nitrogens is 3. The van der Waals surface area contributed by atoms with E-state index in [1.54, 1.807) is 0 Å². The fourth-order valence-corrected chi connectivity index (χ4v) is 2.24. The largest absolute Gasteiger partial charge is 0.339 e. The molecule has 2 aromatic rings. The molecule has 2 aromatic heterocycles. The van der Waals surface area contributed by atoms with E-state index < -0.39 is 0 Å². The number of nitrogens with two attached hydrogens (primary N) is 1. The average molecular weight is 274 g/mol. The highest BCUT2D eigenvalue weighted by Gasteiger charge is 2.12. The Kier molecular flexibility index (Phi) is 5.24. The summed E-state index contributed by atoms with van der Waals surface area (Å²) in [6.45, 7) is 4.88. The molecule has 2 rings (SSSR count). The highest BCUT2D eigenvalue weighted by molar-refractivity contribution is 5.47. The van der Waals surface area contributed by atoms with Gasteiger partial charge in [-0.3, -0.25) is 0 Å². The molecule has 2 heterocycles. The summed E-state index contributed by atoms with van der Waals surface area (Å²) in [6, 6.07) is 5.79. The molecule has 2 N–H and O–H groups in total. The minimum absolute atomic E-state index is 0.565. The van der Waals surface area contributed by atoms with Crippen molar-refractivity contribution in [3.63, 3.8) is 0 Å². The van der Waals surface area contributed by atoms with Crippen molar-refractivity contribution in [2.75, 3.05) is 6.54 Å². The van der Waals surface area contributed by atoms with Crippen molar-refractivity contribution in [3.8, 4) is 11.5 Å². The van der Waals surface area contributed by atoms with Crippen molar-refractivity contribution in [1.82, 2.24) is 15.1 Å². The van der Waals surface area contributed by atoms with Crippen LogP contribution in [0.1, 0.15) is 37.8 Å². The Bertz CT molecular complexity index is 538. The fourth-order valence-electron chi connectivity index (χ4n) is 2.24. The molecule has 0 aliphatic rings. The Hall–Kier alpha value is -1.75. The van der Waals surface area contributed by atoms with Crippen LogP contribution in [0.25, 0.3) is 11.5 Å². The standard InChI is InChI=1S/C15H22N4O/c1-3-12(9-10-16)7-8-14-18-15(19-20-14)13-6-4-5-11(2)17-13/h4-6,12H,3,7-10,16H2,1-2H3. The first kappa shape index (κ1) is 14.7. The number of nitrogens with zero attached hydrogens (tertiary/aromatic N) is 3. The molecule has 0 saturated carbocycles. The van der Waals surface area contributed by atoms with Gasteiger partial charge in [-0.25, -0.2) is 4.98 Å². The lowest BCUT2D eigenvalue weighted by molar-refractivity contribution is 0.354. The molecule has 0 fully saturated rings. The predicted octanol–water partition coefficient (Wildman–Crippen LogP) is 2.75. The average Bonchev–Trinajstić information content (AvgIpc) is 2.92. The van der Waals surface area contributed by atoms with Gasteiger partial charge in [-0.1, -0.05) is 24.6 Å². The van der Waals surface area contributed by atoms with Crippen LogP contribution in [-0.4, -0.2) is 21.7 Å². The molecule has 0 aromatic carbocycles. The third-order valence-corrected chi connectivity index (χ3v) is 3.50. The second-order valence-electron chi connectivity index (χ2n) is 5.07. The fraction of sp³-hybridized carbons (Fsp3) is 0.533. The molecule has 0 aliphatic heterocycles. The van der Waals surface area contributed by atoms with Crippen molar-refractivity contribution in [2.45, 2.75) is 39.5 Å². The van der Waals surface area contributed by atoms with Crippen molar-refractivity contribution in [1.29, 1.82) is 0 Å². The van der Waals surface area contributed by atoms with Gasteiger partial charge in [0.05, 0.1) is 0 Å². The first-order valence-corrected chi connectivity index (χ1v) is 7.19. The molecule has 0 aliphatic carbocycles. The molecule has 0 spiro atoms. The SMILES string of the molecule is CCC(CCN)CCc1nc(-c2cccc(C)n2)no1. The maximum Gasteiger partial charge on any atom is 0.227 e. The minimum Gasteiger partial charge on any atom is -0.339 e. The van der Waals surface area contributed by atoms with E-state index in [1.165, 1.54) is 0 Å². The second-order valence-corrected chi connectivity index (χ2v) is 5.07. The van der Waals surface area contributed by atoms with Crippen molar-refractivity contribution >= 4 is 0 Å². The first-order chi connectivity index (χ1) is 9.72. The maximum absolute atomic E-state index is 5.61. The van der Waals surface area contributed by atoms with Crippen LogP contribution in [0.2, 0.25) is 0 Å². The topological polar surface area (TPSA) is 77.8 Å². The Labute approximate surface area is 119 Å². The lowest BCUT2D eigenvalue weighted by atomic mass is 9.97. The van der Waals surface area contributed by atoms with E-state index in [9.17, 15) is 0 Å².